The fraction of sp³-hybridized carbons (Fsp3) is 0.500. The molecule has 16 heavy (non-hydrogen) atoms. The predicted octanol–water partition coefficient (Wildman–Crippen LogP) is 2.97. The van der Waals surface area contributed by atoms with Crippen molar-refractivity contribution in [2.24, 2.45) is 5.84 Å². The highest BCUT2D eigenvalue weighted by atomic mass is 79.9. The highest BCUT2D eigenvalue weighted by Crippen LogP contribution is 2.15. The summed E-state index contributed by atoms with van der Waals surface area (Å²) in [6.45, 7) is 4.41. The molecule has 0 saturated heterocycles. The zero-order valence-corrected chi connectivity index (χ0v) is 12.1. The van der Waals surface area contributed by atoms with Crippen LogP contribution in [0.5, 0.6) is 0 Å². The quantitative estimate of drug-likeness (QED) is 0.627. The van der Waals surface area contributed by atoms with Crippen molar-refractivity contribution in [3.05, 3.63) is 34.3 Å². The van der Waals surface area contributed by atoms with Crippen molar-refractivity contribution in [3.8, 4) is 0 Å². The molecule has 0 aromatic heterocycles. The zero-order valence-electron chi connectivity index (χ0n) is 9.74. The van der Waals surface area contributed by atoms with Gasteiger partial charge in [0, 0.05) is 16.3 Å². The Bertz CT molecular complexity index is 300. The number of benzene rings is 1. The maximum Gasteiger partial charge on any atom is 0.0341 e. The molecule has 0 aliphatic rings. The first kappa shape index (κ1) is 14.0. The summed E-state index contributed by atoms with van der Waals surface area (Å²) in [5, 5.41) is 0.653. The molecule has 1 rings (SSSR count). The Morgan fingerprint density at radius 1 is 1.31 bits per heavy atom. The van der Waals surface area contributed by atoms with E-state index in [1.54, 1.807) is 0 Å². The molecule has 0 amide bonds. The summed E-state index contributed by atoms with van der Waals surface area (Å²) >= 11 is 5.37. The van der Waals surface area contributed by atoms with Crippen LogP contribution in [0.3, 0.4) is 0 Å². The normalized spacial score (nSPS) is 13.1. The smallest absolute Gasteiger partial charge is 0.0341 e. The van der Waals surface area contributed by atoms with Crippen molar-refractivity contribution in [1.82, 2.24) is 5.43 Å². The number of halogens is 1. The number of hydrogen-bond donors (Lipinski definition) is 2. The van der Waals surface area contributed by atoms with Crippen LogP contribution in [0, 0.1) is 0 Å². The maximum absolute atomic E-state index is 5.56. The van der Waals surface area contributed by atoms with E-state index in [0.717, 1.165) is 16.6 Å². The van der Waals surface area contributed by atoms with E-state index in [4.69, 9.17) is 5.84 Å². The Kier molecular flexibility index (Phi) is 6.43. The second-order valence-electron chi connectivity index (χ2n) is 4.08. The summed E-state index contributed by atoms with van der Waals surface area (Å²) in [4.78, 5) is 0. The van der Waals surface area contributed by atoms with E-state index in [-0.39, 0.29) is 0 Å². The third-order valence-corrected chi connectivity index (χ3v) is 4.05. The monoisotopic (exact) mass is 302 g/mol. The summed E-state index contributed by atoms with van der Waals surface area (Å²) in [5.41, 5.74) is 4.20. The van der Waals surface area contributed by atoms with Gasteiger partial charge in [-0.05, 0) is 29.4 Å². The molecule has 0 spiro atoms. The number of nitrogens with one attached hydrogen (secondary N) is 1. The fourth-order valence-corrected chi connectivity index (χ4v) is 2.48. The van der Waals surface area contributed by atoms with Crippen LogP contribution in [0.25, 0.3) is 0 Å². The van der Waals surface area contributed by atoms with Gasteiger partial charge in [0.25, 0.3) is 0 Å². The summed E-state index contributed by atoms with van der Waals surface area (Å²) in [5.74, 6) is 6.61. The number of thioether (sulfide) groups is 1. The topological polar surface area (TPSA) is 38.0 Å². The molecule has 90 valence electrons. The predicted molar refractivity (Wildman–Crippen MR) is 76.6 cm³/mol. The van der Waals surface area contributed by atoms with Crippen molar-refractivity contribution in [3.63, 3.8) is 0 Å². The molecule has 2 nitrogen and oxygen atoms in total. The first-order valence-corrected chi connectivity index (χ1v) is 7.28. The molecule has 0 heterocycles. The number of hydrogen-bond acceptors (Lipinski definition) is 3. The van der Waals surface area contributed by atoms with Crippen molar-refractivity contribution in [2.45, 2.75) is 31.6 Å². The minimum Gasteiger partial charge on any atom is -0.271 e. The lowest BCUT2D eigenvalue weighted by Gasteiger charge is -2.16. The van der Waals surface area contributed by atoms with E-state index in [2.05, 4.69) is 59.5 Å². The van der Waals surface area contributed by atoms with Gasteiger partial charge in [0.1, 0.15) is 0 Å². The molecule has 0 aliphatic heterocycles. The van der Waals surface area contributed by atoms with Gasteiger partial charge in [-0.25, -0.2) is 0 Å². The molecular weight excluding hydrogens is 284 g/mol. The van der Waals surface area contributed by atoms with E-state index >= 15 is 0 Å². The number of nitrogens with two attached hydrogens (primary N) is 1. The molecule has 0 bridgehead atoms. The molecule has 0 saturated carbocycles. The van der Waals surface area contributed by atoms with E-state index in [0.29, 0.717) is 11.3 Å². The molecular formula is C12H19BrN2S. The molecule has 0 fully saturated rings. The molecule has 0 aliphatic carbocycles. The van der Waals surface area contributed by atoms with Crippen LogP contribution in [0.4, 0.5) is 0 Å². The standard InChI is InChI=1S/C12H19BrN2S/c1-9(2)16-8-12(15-14)7-10-3-5-11(13)6-4-10/h3-6,9,12,15H,7-8,14H2,1-2H3. The van der Waals surface area contributed by atoms with Gasteiger partial charge >= 0.3 is 0 Å². The van der Waals surface area contributed by atoms with Crippen molar-refractivity contribution in [2.75, 3.05) is 5.75 Å². The number of hydrazine groups is 1. The van der Waals surface area contributed by atoms with Crippen molar-refractivity contribution >= 4 is 27.7 Å². The van der Waals surface area contributed by atoms with Gasteiger partial charge in [-0.2, -0.15) is 11.8 Å². The summed E-state index contributed by atoms with van der Waals surface area (Å²) in [7, 11) is 0. The van der Waals surface area contributed by atoms with E-state index in [1.807, 2.05) is 11.8 Å². The van der Waals surface area contributed by atoms with Crippen LogP contribution < -0.4 is 11.3 Å². The second kappa shape index (κ2) is 7.33. The van der Waals surface area contributed by atoms with Gasteiger partial charge in [-0.15, -0.1) is 0 Å². The summed E-state index contributed by atoms with van der Waals surface area (Å²) in [6, 6.07) is 8.74. The van der Waals surface area contributed by atoms with Crippen LogP contribution in [-0.2, 0) is 6.42 Å². The van der Waals surface area contributed by atoms with Gasteiger partial charge in [0.2, 0.25) is 0 Å². The van der Waals surface area contributed by atoms with E-state index in [9.17, 15) is 0 Å². The Balaban J connectivity index is 2.46. The fourth-order valence-electron chi connectivity index (χ4n) is 1.38. The molecule has 4 heteroatoms. The lowest BCUT2D eigenvalue weighted by molar-refractivity contribution is 0.575. The Morgan fingerprint density at radius 2 is 1.94 bits per heavy atom. The Morgan fingerprint density at radius 3 is 2.44 bits per heavy atom. The second-order valence-corrected chi connectivity index (χ2v) is 6.60. The third kappa shape index (κ3) is 5.34. The SMILES string of the molecule is CC(C)SCC(Cc1ccc(Br)cc1)NN. The average Bonchev–Trinajstić information content (AvgIpc) is 2.26. The Labute approximate surface area is 110 Å². The van der Waals surface area contributed by atoms with Crippen LogP contribution in [0.2, 0.25) is 0 Å². The average molecular weight is 303 g/mol. The van der Waals surface area contributed by atoms with Gasteiger partial charge < -0.3 is 0 Å². The van der Waals surface area contributed by atoms with E-state index in [1.165, 1.54) is 5.56 Å². The lowest BCUT2D eigenvalue weighted by atomic mass is 10.1. The minimum atomic E-state index is 0.341. The molecule has 0 radical (unpaired) electrons. The lowest BCUT2D eigenvalue weighted by Crippen LogP contribution is -2.39. The van der Waals surface area contributed by atoms with Crippen LogP contribution >= 0.6 is 27.7 Å². The van der Waals surface area contributed by atoms with Crippen molar-refractivity contribution < 1.29 is 0 Å². The number of rotatable bonds is 6. The van der Waals surface area contributed by atoms with Gasteiger partial charge in [-0.1, -0.05) is 41.9 Å². The van der Waals surface area contributed by atoms with Crippen LogP contribution in [0.15, 0.2) is 28.7 Å². The van der Waals surface area contributed by atoms with E-state index < -0.39 is 0 Å². The van der Waals surface area contributed by atoms with Crippen molar-refractivity contribution in [1.29, 1.82) is 0 Å². The molecule has 1 atom stereocenters. The first-order valence-electron chi connectivity index (χ1n) is 5.44. The van der Waals surface area contributed by atoms with Gasteiger partial charge in [0.15, 0.2) is 0 Å². The third-order valence-electron chi connectivity index (χ3n) is 2.26. The summed E-state index contributed by atoms with van der Waals surface area (Å²) < 4.78 is 1.12. The molecule has 1 unspecified atom stereocenters. The highest BCUT2D eigenvalue weighted by molar-refractivity contribution is 9.10. The molecule has 3 N–H and O–H groups in total. The summed E-state index contributed by atoms with van der Waals surface area (Å²) in [6.07, 6.45) is 0.976. The zero-order chi connectivity index (χ0) is 12.0. The Hall–Kier alpha value is -0.0300. The van der Waals surface area contributed by atoms with Gasteiger partial charge in [-0.3, -0.25) is 11.3 Å². The minimum absolute atomic E-state index is 0.341. The van der Waals surface area contributed by atoms with Gasteiger partial charge in [0.05, 0.1) is 0 Å². The maximum atomic E-state index is 5.56. The first-order chi connectivity index (χ1) is 7.61. The van der Waals surface area contributed by atoms with Crippen LogP contribution in [-0.4, -0.2) is 17.0 Å². The highest BCUT2D eigenvalue weighted by Gasteiger charge is 2.08. The molecule has 1 aromatic rings. The van der Waals surface area contributed by atoms with Crippen LogP contribution in [0.1, 0.15) is 19.4 Å². The molecule has 1 aromatic carbocycles. The largest absolute Gasteiger partial charge is 0.271 e.